The van der Waals surface area contributed by atoms with Crippen LogP contribution >= 0.6 is 22.9 Å². The topological polar surface area (TPSA) is 85.4 Å². The number of aliphatic imine (C=N–C) groups is 1. The Morgan fingerprint density at radius 3 is 2.90 bits per heavy atom. The Balaban J connectivity index is 2.45. The summed E-state index contributed by atoms with van der Waals surface area (Å²) in [6.45, 7) is 1.83. The minimum absolute atomic E-state index is 0.108. The number of aromatic nitrogens is 1. The molecule has 0 aliphatic carbocycles. The number of nitrogens with zero attached hydrogens (tertiary/aromatic N) is 2. The van der Waals surface area contributed by atoms with E-state index in [1.165, 1.54) is 0 Å². The summed E-state index contributed by atoms with van der Waals surface area (Å²) in [6.07, 6.45) is 0.570. The largest absolute Gasteiger partial charge is 0.386 e. The van der Waals surface area contributed by atoms with Crippen molar-refractivity contribution < 1.29 is 8.42 Å². The first kappa shape index (κ1) is 15.2. The highest BCUT2D eigenvalue weighted by atomic mass is 35.5. The standard InChI is InChI=1S/C12H14ClN3O2S2/c1-2-5-20(17,18)12-16-9-4-3-8(6-10(9)19-12)15-11(14)7-13/h3-4,6H,2,5,7H2,1H3,(H2,14,15). The van der Waals surface area contributed by atoms with Crippen LogP contribution in [0.5, 0.6) is 0 Å². The number of amidine groups is 1. The number of rotatable bonds is 5. The van der Waals surface area contributed by atoms with Crippen molar-refractivity contribution in [3.63, 3.8) is 0 Å². The summed E-state index contributed by atoms with van der Waals surface area (Å²) in [5.41, 5.74) is 6.86. The van der Waals surface area contributed by atoms with E-state index in [0.29, 0.717) is 23.5 Å². The third-order valence-corrected chi connectivity index (χ3v) is 6.17. The van der Waals surface area contributed by atoms with E-state index in [2.05, 4.69) is 9.98 Å². The summed E-state index contributed by atoms with van der Waals surface area (Å²) in [4.78, 5) is 8.30. The molecule has 1 aromatic heterocycles. The Bertz CT molecular complexity index is 753. The number of nitrogens with two attached hydrogens (primary N) is 1. The zero-order valence-electron chi connectivity index (χ0n) is 10.8. The maximum atomic E-state index is 12.0. The van der Waals surface area contributed by atoms with Crippen LogP contribution in [0.25, 0.3) is 10.2 Å². The number of halogens is 1. The molecule has 0 atom stereocenters. The van der Waals surface area contributed by atoms with Gasteiger partial charge in [0.25, 0.3) is 0 Å². The van der Waals surface area contributed by atoms with E-state index >= 15 is 0 Å². The molecule has 0 unspecified atom stereocenters. The van der Waals surface area contributed by atoms with Crippen LogP contribution in [0.2, 0.25) is 0 Å². The summed E-state index contributed by atoms with van der Waals surface area (Å²) in [6, 6.07) is 5.23. The lowest BCUT2D eigenvalue weighted by Gasteiger charge is -1.95. The number of hydrogen-bond donors (Lipinski definition) is 1. The van der Waals surface area contributed by atoms with Gasteiger partial charge in [0.1, 0.15) is 5.84 Å². The fraction of sp³-hybridized carbons (Fsp3) is 0.333. The maximum Gasteiger partial charge on any atom is 0.210 e. The van der Waals surface area contributed by atoms with Crippen molar-refractivity contribution in [2.45, 2.75) is 17.7 Å². The molecule has 0 saturated heterocycles. The molecule has 0 fully saturated rings. The second-order valence-corrected chi connectivity index (χ2v) is 7.77. The van der Waals surface area contributed by atoms with Crippen LogP contribution in [0.1, 0.15) is 13.3 Å². The fourth-order valence-corrected chi connectivity index (χ4v) is 4.41. The van der Waals surface area contributed by atoms with Crippen LogP contribution in [0, 0.1) is 0 Å². The summed E-state index contributed by atoms with van der Waals surface area (Å²) in [7, 11) is -3.29. The molecule has 0 amide bonds. The average Bonchev–Trinajstić information content (AvgIpc) is 2.82. The Morgan fingerprint density at radius 1 is 1.50 bits per heavy atom. The summed E-state index contributed by atoms with van der Waals surface area (Å²) < 4.78 is 24.9. The molecule has 20 heavy (non-hydrogen) atoms. The van der Waals surface area contributed by atoms with Gasteiger partial charge in [-0.05, 0) is 24.6 Å². The van der Waals surface area contributed by atoms with Crippen LogP contribution in [-0.4, -0.2) is 30.9 Å². The van der Waals surface area contributed by atoms with E-state index in [1.807, 2.05) is 6.92 Å². The highest BCUT2D eigenvalue weighted by Gasteiger charge is 2.18. The van der Waals surface area contributed by atoms with Gasteiger partial charge in [-0.1, -0.05) is 6.92 Å². The van der Waals surface area contributed by atoms with Gasteiger partial charge in [-0.25, -0.2) is 18.4 Å². The average molecular weight is 332 g/mol. The normalized spacial score (nSPS) is 13.0. The van der Waals surface area contributed by atoms with Crippen molar-refractivity contribution in [1.29, 1.82) is 0 Å². The monoisotopic (exact) mass is 331 g/mol. The smallest absolute Gasteiger partial charge is 0.210 e. The molecule has 2 rings (SSSR count). The van der Waals surface area contributed by atoms with Gasteiger partial charge in [-0.3, -0.25) is 0 Å². The van der Waals surface area contributed by atoms with E-state index in [9.17, 15) is 8.42 Å². The van der Waals surface area contributed by atoms with Gasteiger partial charge in [-0.2, -0.15) is 0 Å². The van der Waals surface area contributed by atoms with Crippen molar-refractivity contribution in [3.05, 3.63) is 18.2 Å². The molecule has 5 nitrogen and oxygen atoms in total. The predicted octanol–water partition coefficient (Wildman–Crippen LogP) is 2.71. The lowest BCUT2D eigenvalue weighted by atomic mass is 10.3. The molecule has 1 heterocycles. The van der Waals surface area contributed by atoms with E-state index in [1.54, 1.807) is 18.2 Å². The molecule has 108 valence electrons. The second kappa shape index (κ2) is 6.07. The number of alkyl halides is 1. The first-order valence-corrected chi connectivity index (χ1v) is 8.99. The third-order valence-electron chi connectivity index (χ3n) is 2.50. The first-order chi connectivity index (χ1) is 9.46. The molecule has 0 bridgehead atoms. The van der Waals surface area contributed by atoms with Gasteiger partial charge in [-0.15, -0.1) is 22.9 Å². The molecule has 8 heteroatoms. The second-order valence-electron chi connectivity index (χ2n) is 4.19. The molecule has 0 aliphatic heterocycles. The fourth-order valence-electron chi connectivity index (χ4n) is 1.65. The maximum absolute atomic E-state index is 12.0. The Kier molecular flexibility index (Phi) is 4.62. The first-order valence-electron chi connectivity index (χ1n) is 5.98. The molecule has 0 aliphatic rings. The third kappa shape index (κ3) is 3.28. The Morgan fingerprint density at radius 2 is 2.25 bits per heavy atom. The lowest BCUT2D eigenvalue weighted by molar-refractivity contribution is 0.594. The van der Waals surface area contributed by atoms with Gasteiger partial charge in [0, 0.05) is 0 Å². The van der Waals surface area contributed by atoms with Crippen molar-refractivity contribution in [1.82, 2.24) is 4.98 Å². The van der Waals surface area contributed by atoms with Gasteiger partial charge in [0.15, 0.2) is 0 Å². The zero-order valence-corrected chi connectivity index (χ0v) is 13.2. The number of hydrogen-bond acceptors (Lipinski definition) is 5. The zero-order chi connectivity index (χ0) is 14.8. The molecular formula is C12H14ClN3O2S2. The Hall–Kier alpha value is -1.18. The van der Waals surface area contributed by atoms with Gasteiger partial charge in [0.05, 0.1) is 27.5 Å². The molecule has 2 aromatic rings. The van der Waals surface area contributed by atoms with E-state index in [-0.39, 0.29) is 16.0 Å². The highest BCUT2D eigenvalue weighted by molar-refractivity contribution is 7.93. The van der Waals surface area contributed by atoms with Gasteiger partial charge >= 0.3 is 0 Å². The summed E-state index contributed by atoms with van der Waals surface area (Å²) >= 11 is 6.72. The number of thiazole rings is 1. The molecule has 0 radical (unpaired) electrons. The lowest BCUT2D eigenvalue weighted by Crippen LogP contribution is -2.12. The van der Waals surface area contributed by atoms with Crippen molar-refractivity contribution in [2.24, 2.45) is 10.7 Å². The van der Waals surface area contributed by atoms with Crippen LogP contribution in [0.15, 0.2) is 27.5 Å². The molecular weight excluding hydrogens is 318 g/mol. The van der Waals surface area contributed by atoms with Gasteiger partial charge < -0.3 is 5.73 Å². The molecule has 1 aromatic carbocycles. The SMILES string of the molecule is CCCS(=O)(=O)c1nc2ccc(N=C(N)CCl)cc2s1. The quantitative estimate of drug-likeness (QED) is 0.518. The number of benzene rings is 1. The van der Waals surface area contributed by atoms with Crippen molar-refractivity contribution >= 4 is 54.5 Å². The minimum Gasteiger partial charge on any atom is -0.386 e. The van der Waals surface area contributed by atoms with Crippen molar-refractivity contribution in [2.75, 3.05) is 11.6 Å². The summed E-state index contributed by atoms with van der Waals surface area (Å²) in [5, 5.41) is 0. The molecule has 0 saturated carbocycles. The van der Waals surface area contributed by atoms with E-state index in [4.69, 9.17) is 17.3 Å². The Labute approximate surface area is 126 Å². The molecule has 2 N–H and O–H groups in total. The highest BCUT2D eigenvalue weighted by Crippen LogP contribution is 2.29. The van der Waals surface area contributed by atoms with Crippen LogP contribution in [0.4, 0.5) is 5.69 Å². The van der Waals surface area contributed by atoms with Crippen molar-refractivity contribution in [3.8, 4) is 0 Å². The summed E-state index contributed by atoms with van der Waals surface area (Å²) in [5.74, 6) is 0.572. The molecule has 0 spiro atoms. The van der Waals surface area contributed by atoms with E-state index in [0.717, 1.165) is 16.0 Å². The van der Waals surface area contributed by atoms with Crippen LogP contribution in [0.3, 0.4) is 0 Å². The van der Waals surface area contributed by atoms with E-state index < -0.39 is 9.84 Å². The van der Waals surface area contributed by atoms with Gasteiger partial charge in [0.2, 0.25) is 14.2 Å². The van der Waals surface area contributed by atoms with Crippen LogP contribution in [-0.2, 0) is 9.84 Å². The minimum atomic E-state index is -3.29. The number of sulfone groups is 1. The predicted molar refractivity (Wildman–Crippen MR) is 84.0 cm³/mol. The number of fused-ring (bicyclic) bond motifs is 1. The van der Waals surface area contributed by atoms with Crippen LogP contribution < -0.4 is 5.73 Å².